The minimum absolute atomic E-state index is 0.0483. The van der Waals surface area contributed by atoms with Gasteiger partial charge in [0.1, 0.15) is 0 Å². The molecule has 0 bridgehead atoms. The number of rotatable bonds is 5. The molecule has 0 unspecified atom stereocenters. The molecule has 1 aliphatic heterocycles. The number of aromatic amines is 1. The first-order chi connectivity index (χ1) is 14.4. The van der Waals surface area contributed by atoms with Crippen molar-refractivity contribution in [3.05, 3.63) is 81.5 Å². The van der Waals surface area contributed by atoms with Crippen molar-refractivity contribution >= 4 is 17.5 Å². The molecule has 1 aliphatic rings. The van der Waals surface area contributed by atoms with Crippen LogP contribution in [0.3, 0.4) is 0 Å². The Labute approximate surface area is 175 Å². The molecule has 7 heteroatoms. The molecule has 1 saturated heterocycles. The number of anilines is 2. The van der Waals surface area contributed by atoms with Crippen molar-refractivity contribution in [2.24, 2.45) is 0 Å². The van der Waals surface area contributed by atoms with Gasteiger partial charge in [0.25, 0.3) is 5.56 Å². The van der Waals surface area contributed by atoms with Crippen molar-refractivity contribution < 1.29 is 4.79 Å². The van der Waals surface area contributed by atoms with Crippen LogP contribution in [0.1, 0.15) is 47.8 Å². The maximum Gasteiger partial charge on any atom is 0.252 e. The zero-order valence-corrected chi connectivity index (χ0v) is 17.3. The number of aromatic nitrogens is 3. The molecular weight excluding hydrogens is 378 g/mol. The van der Waals surface area contributed by atoms with E-state index in [0.29, 0.717) is 24.6 Å². The van der Waals surface area contributed by atoms with Gasteiger partial charge in [-0.05, 0) is 50.1 Å². The third kappa shape index (κ3) is 3.96. The summed E-state index contributed by atoms with van der Waals surface area (Å²) in [7, 11) is 0. The summed E-state index contributed by atoms with van der Waals surface area (Å²) in [6.07, 6.45) is 2.06. The fourth-order valence-electron chi connectivity index (χ4n) is 3.83. The summed E-state index contributed by atoms with van der Waals surface area (Å²) < 4.78 is 0. The van der Waals surface area contributed by atoms with Crippen LogP contribution in [-0.2, 0) is 4.79 Å². The van der Waals surface area contributed by atoms with Crippen LogP contribution in [-0.4, -0.2) is 27.4 Å². The van der Waals surface area contributed by atoms with Crippen LogP contribution in [0.15, 0.2) is 53.5 Å². The van der Waals surface area contributed by atoms with Gasteiger partial charge < -0.3 is 10.2 Å². The maximum absolute atomic E-state index is 12.7. The van der Waals surface area contributed by atoms with Crippen LogP contribution in [0, 0.1) is 13.8 Å². The summed E-state index contributed by atoms with van der Waals surface area (Å²) in [5, 5.41) is 3.21. The van der Waals surface area contributed by atoms with Gasteiger partial charge in [-0.2, -0.15) is 0 Å². The van der Waals surface area contributed by atoms with Gasteiger partial charge in [-0.15, -0.1) is 0 Å². The summed E-state index contributed by atoms with van der Waals surface area (Å²) in [5.74, 6) is 0.297. The number of aryl methyl sites for hydroxylation is 1. The highest BCUT2D eigenvalue weighted by molar-refractivity contribution is 5.97. The SMILES string of the molecule is Cc1cccc(N2C[C@@H](c3cc(=O)[nH]c(N[C@@H](C)c4ccccn4)n3)CC2=O)c1C. The van der Waals surface area contributed by atoms with E-state index in [2.05, 4.69) is 20.3 Å². The summed E-state index contributed by atoms with van der Waals surface area (Å²) in [4.78, 5) is 38.5. The van der Waals surface area contributed by atoms with E-state index in [9.17, 15) is 9.59 Å². The van der Waals surface area contributed by atoms with Crippen molar-refractivity contribution in [2.45, 2.75) is 39.2 Å². The lowest BCUT2D eigenvalue weighted by Gasteiger charge is -2.20. The number of hydrogen-bond acceptors (Lipinski definition) is 5. The number of nitrogens with zero attached hydrogens (tertiary/aromatic N) is 3. The first kappa shape index (κ1) is 19.8. The lowest BCUT2D eigenvalue weighted by atomic mass is 10.0. The van der Waals surface area contributed by atoms with E-state index in [4.69, 9.17) is 0 Å². The van der Waals surface area contributed by atoms with Gasteiger partial charge in [0.15, 0.2) is 0 Å². The predicted octanol–water partition coefficient (Wildman–Crippen LogP) is 3.48. The Kier molecular flexibility index (Phi) is 5.35. The topological polar surface area (TPSA) is 91.0 Å². The molecule has 0 aliphatic carbocycles. The molecule has 2 aromatic heterocycles. The van der Waals surface area contributed by atoms with Crippen molar-refractivity contribution in [1.82, 2.24) is 15.0 Å². The van der Waals surface area contributed by atoms with E-state index in [0.717, 1.165) is 22.5 Å². The zero-order chi connectivity index (χ0) is 21.3. The van der Waals surface area contributed by atoms with Crippen molar-refractivity contribution in [3.8, 4) is 0 Å². The molecule has 1 aromatic carbocycles. The second-order valence-electron chi connectivity index (χ2n) is 7.76. The smallest absolute Gasteiger partial charge is 0.252 e. The lowest BCUT2D eigenvalue weighted by molar-refractivity contribution is -0.117. The van der Waals surface area contributed by atoms with Gasteiger partial charge in [0.05, 0.1) is 17.4 Å². The third-order valence-corrected chi connectivity index (χ3v) is 5.66. The quantitative estimate of drug-likeness (QED) is 0.681. The minimum Gasteiger partial charge on any atom is -0.348 e. The molecule has 0 spiro atoms. The molecule has 7 nitrogen and oxygen atoms in total. The Morgan fingerprint density at radius 2 is 2.00 bits per heavy atom. The normalized spacial score (nSPS) is 17.2. The highest BCUT2D eigenvalue weighted by atomic mass is 16.2. The highest BCUT2D eigenvalue weighted by Gasteiger charge is 2.33. The van der Waals surface area contributed by atoms with Crippen LogP contribution in [0.25, 0.3) is 0 Å². The lowest BCUT2D eigenvalue weighted by Crippen LogP contribution is -2.25. The molecule has 2 atom stereocenters. The number of carbonyl (C=O) groups is 1. The zero-order valence-electron chi connectivity index (χ0n) is 17.3. The molecule has 3 heterocycles. The van der Waals surface area contributed by atoms with Gasteiger partial charge in [0, 0.05) is 36.8 Å². The third-order valence-electron chi connectivity index (χ3n) is 5.66. The number of amides is 1. The largest absolute Gasteiger partial charge is 0.348 e. The molecule has 2 N–H and O–H groups in total. The summed E-state index contributed by atoms with van der Waals surface area (Å²) in [5.41, 5.74) is 4.39. The molecule has 3 aromatic rings. The number of pyridine rings is 1. The second kappa shape index (κ2) is 8.10. The maximum atomic E-state index is 12.7. The summed E-state index contributed by atoms with van der Waals surface area (Å²) >= 11 is 0. The first-order valence-corrected chi connectivity index (χ1v) is 10.1. The van der Waals surface area contributed by atoms with Crippen molar-refractivity contribution in [1.29, 1.82) is 0 Å². The van der Waals surface area contributed by atoms with Gasteiger partial charge in [-0.3, -0.25) is 19.6 Å². The van der Waals surface area contributed by atoms with E-state index < -0.39 is 0 Å². The number of nitrogens with one attached hydrogen (secondary N) is 2. The number of benzene rings is 1. The fraction of sp³-hybridized carbons (Fsp3) is 0.304. The van der Waals surface area contributed by atoms with Crippen LogP contribution < -0.4 is 15.8 Å². The first-order valence-electron chi connectivity index (χ1n) is 10.1. The van der Waals surface area contributed by atoms with E-state index in [1.807, 2.05) is 57.2 Å². The van der Waals surface area contributed by atoms with Crippen molar-refractivity contribution in [2.75, 3.05) is 16.8 Å². The average Bonchev–Trinajstić information content (AvgIpc) is 3.12. The van der Waals surface area contributed by atoms with Gasteiger partial charge in [-0.1, -0.05) is 18.2 Å². The molecular formula is C23H25N5O2. The standard InChI is InChI=1S/C23H25N5O2/c1-14-7-6-9-20(15(14)2)28-13-17(11-22(28)30)19-12-21(29)27-23(26-19)25-16(3)18-8-4-5-10-24-18/h4-10,12,16-17H,11,13H2,1-3H3,(H2,25,26,27,29)/t16-,17-/m0/s1. The van der Waals surface area contributed by atoms with Gasteiger partial charge in [0.2, 0.25) is 11.9 Å². The molecule has 1 fully saturated rings. The van der Waals surface area contributed by atoms with Gasteiger partial charge >= 0.3 is 0 Å². The van der Waals surface area contributed by atoms with E-state index >= 15 is 0 Å². The van der Waals surface area contributed by atoms with E-state index in [1.54, 1.807) is 11.1 Å². The predicted molar refractivity (Wildman–Crippen MR) is 117 cm³/mol. The molecule has 0 saturated carbocycles. The molecule has 1 amide bonds. The Morgan fingerprint density at radius 3 is 2.77 bits per heavy atom. The van der Waals surface area contributed by atoms with Crippen LogP contribution in [0.4, 0.5) is 11.6 Å². The van der Waals surface area contributed by atoms with Crippen LogP contribution in [0.5, 0.6) is 0 Å². The van der Waals surface area contributed by atoms with Crippen molar-refractivity contribution in [3.63, 3.8) is 0 Å². The Hall–Kier alpha value is -3.48. The van der Waals surface area contributed by atoms with Gasteiger partial charge in [-0.25, -0.2) is 4.98 Å². The van der Waals surface area contributed by atoms with E-state index in [-0.39, 0.29) is 23.4 Å². The average molecular weight is 403 g/mol. The molecule has 0 radical (unpaired) electrons. The molecule has 154 valence electrons. The second-order valence-corrected chi connectivity index (χ2v) is 7.76. The summed E-state index contributed by atoms with van der Waals surface area (Å²) in [6, 6.07) is 13.0. The highest BCUT2D eigenvalue weighted by Crippen LogP contribution is 2.33. The Balaban J connectivity index is 1.57. The number of carbonyl (C=O) groups excluding carboxylic acids is 1. The Bertz CT molecular complexity index is 1130. The number of H-pyrrole nitrogens is 1. The Morgan fingerprint density at radius 1 is 1.17 bits per heavy atom. The molecule has 4 rings (SSSR count). The van der Waals surface area contributed by atoms with Crippen LogP contribution >= 0.6 is 0 Å². The minimum atomic E-state index is -0.242. The molecule has 30 heavy (non-hydrogen) atoms. The summed E-state index contributed by atoms with van der Waals surface area (Å²) in [6.45, 7) is 6.53. The van der Waals surface area contributed by atoms with E-state index in [1.165, 1.54) is 6.07 Å². The van der Waals surface area contributed by atoms with Crippen LogP contribution in [0.2, 0.25) is 0 Å². The fourth-order valence-corrected chi connectivity index (χ4v) is 3.83. The monoisotopic (exact) mass is 403 g/mol. The number of hydrogen-bond donors (Lipinski definition) is 2.